The summed E-state index contributed by atoms with van der Waals surface area (Å²) in [5.41, 5.74) is 8.93. The maximum atomic E-state index is 11.5. The number of nitro groups is 1. The van der Waals surface area contributed by atoms with E-state index in [0.717, 1.165) is 39.2 Å². The number of nitro benzene ring substituents is 1. The summed E-state index contributed by atoms with van der Waals surface area (Å²) in [6.45, 7) is 4.71. The Morgan fingerprint density at radius 3 is 1.86 bits per heavy atom. The second kappa shape index (κ2) is 12.0. The molecule has 0 saturated heterocycles. The fourth-order valence-corrected chi connectivity index (χ4v) is 5.91. The van der Waals surface area contributed by atoms with Gasteiger partial charge in [-0.2, -0.15) is 4.58 Å². The largest absolute Gasteiger partial charge is 0.507 e. The van der Waals surface area contributed by atoms with Gasteiger partial charge in [0.25, 0.3) is 5.69 Å². The Bertz CT molecular complexity index is 1920. The van der Waals surface area contributed by atoms with Crippen molar-refractivity contribution in [1.29, 1.82) is 0 Å². The number of phenolic OH excluding ortho intramolecular Hbond substituents is 1. The van der Waals surface area contributed by atoms with Crippen LogP contribution in [0.5, 0.6) is 5.75 Å². The fourth-order valence-electron chi connectivity index (χ4n) is 5.91. The fraction of sp³-hybridized carbons (Fsp3) is 0.103. The zero-order chi connectivity index (χ0) is 30.7. The van der Waals surface area contributed by atoms with Gasteiger partial charge in [-0.3, -0.25) is 10.1 Å². The summed E-state index contributed by atoms with van der Waals surface area (Å²) in [5, 5.41) is 22.1. The molecule has 0 bridgehead atoms. The predicted molar refractivity (Wildman–Crippen MR) is 179 cm³/mol. The standard InChI is InChI=1S/C39H32N2O3/c1-39(2)35-25-31(20-19-30-17-15-29(16-18-30)14-13-28-9-5-3-6-10-28)21-23-36(35)40(38(39)32-11-7-4-8-12-32)27-33-26-34(41(43)44)22-24-37(33)42/h3-26H,27H2,1-2H3/p+1/b14-13+,20-19+. The molecular weight excluding hydrogens is 544 g/mol. The Morgan fingerprint density at radius 1 is 0.705 bits per heavy atom. The number of nitrogens with zero attached hydrogens (tertiary/aromatic N) is 2. The van der Waals surface area contributed by atoms with Crippen molar-refractivity contribution in [3.63, 3.8) is 0 Å². The zero-order valence-corrected chi connectivity index (χ0v) is 24.7. The van der Waals surface area contributed by atoms with Gasteiger partial charge in [0.1, 0.15) is 5.75 Å². The molecule has 0 saturated carbocycles. The van der Waals surface area contributed by atoms with Crippen LogP contribution in [0, 0.1) is 10.1 Å². The number of fused-ring (bicyclic) bond motifs is 1. The lowest BCUT2D eigenvalue weighted by molar-refractivity contribution is -0.455. The van der Waals surface area contributed by atoms with Gasteiger partial charge in [0, 0.05) is 29.3 Å². The summed E-state index contributed by atoms with van der Waals surface area (Å²) in [5.74, 6) is 0.0374. The van der Waals surface area contributed by atoms with E-state index in [1.165, 1.54) is 23.8 Å². The highest BCUT2D eigenvalue weighted by Gasteiger charge is 2.46. The number of hydrogen-bond donors (Lipinski definition) is 1. The maximum Gasteiger partial charge on any atom is 0.270 e. The minimum absolute atomic E-state index is 0.0374. The van der Waals surface area contributed by atoms with E-state index in [9.17, 15) is 15.2 Å². The molecule has 1 aliphatic rings. The van der Waals surface area contributed by atoms with Crippen molar-refractivity contribution in [1.82, 2.24) is 0 Å². The third-order valence-electron chi connectivity index (χ3n) is 8.17. The molecule has 0 fully saturated rings. The van der Waals surface area contributed by atoms with Crippen LogP contribution in [0.2, 0.25) is 0 Å². The highest BCUT2D eigenvalue weighted by molar-refractivity contribution is 6.07. The van der Waals surface area contributed by atoms with Crippen LogP contribution in [0.1, 0.15) is 52.8 Å². The Balaban J connectivity index is 1.31. The molecule has 5 aromatic carbocycles. The first-order chi connectivity index (χ1) is 21.3. The van der Waals surface area contributed by atoms with Crippen molar-refractivity contribution in [2.75, 3.05) is 0 Å². The van der Waals surface area contributed by atoms with E-state index in [2.05, 4.69) is 109 Å². The Morgan fingerprint density at radius 2 is 1.25 bits per heavy atom. The van der Waals surface area contributed by atoms with Gasteiger partial charge in [-0.05, 0) is 66.4 Å². The minimum atomic E-state index is -0.430. The average molecular weight is 578 g/mol. The van der Waals surface area contributed by atoms with Crippen LogP contribution in [0.4, 0.5) is 11.4 Å². The molecule has 0 unspecified atom stereocenters. The molecule has 0 radical (unpaired) electrons. The van der Waals surface area contributed by atoms with Crippen LogP contribution in [0.15, 0.2) is 121 Å². The van der Waals surface area contributed by atoms with E-state index in [-0.39, 0.29) is 16.9 Å². The van der Waals surface area contributed by atoms with Gasteiger partial charge in [0.15, 0.2) is 12.3 Å². The van der Waals surface area contributed by atoms with Crippen LogP contribution >= 0.6 is 0 Å². The smallest absolute Gasteiger partial charge is 0.270 e. The molecular formula is C39H33N2O3+. The molecule has 1 heterocycles. The van der Waals surface area contributed by atoms with Crippen LogP contribution in [-0.2, 0) is 12.0 Å². The number of non-ortho nitro benzene ring substituents is 1. The van der Waals surface area contributed by atoms with Crippen molar-refractivity contribution < 1.29 is 14.6 Å². The molecule has 5 aromatic rings. The lowest BCUT2D eigenvalue weighted by Gasteiger charge is -2.18. The van der Waals surface area contributed by atoms with E-state index in [1.807, 2.05) is 36.4 Å². The van der Waals surface area contributed by atoms with Crippen LogP contribution < -0.4 is 0 Å². The van der Waals surface area contributed by atoms with E-state index in [0.29, 0.717) is 12.1 Å². The Labute approximate surface area is 257 Å². The SMILES string of the molecule is CC1(C)C(c2ccccc2)=[N+](Cc2cc([N+](=O)[O-])ccc2O)c2ccc(/C=C/c3ccc(/C=C/c4ccccc4)cc3)cc21. The number of benzene rings is 5. The van der Waals surface area contributed by atoms with E-state index in [1.54, 1.807) is 0 Å². The van der Waals surface area contributed by atoms with Crippen molar-refractivity contribution in [3.05, 3.63) is 170 Å². The van der Waals surface area contributed by atoms with Gasteiger partial charge in [-0.15, -0.1) is 0 Å². The summed E-state index contributed by atoms with van der Waals surface area (Å²) in [7, 11) is 0. The molecule has 216 valence electrons. The summed E-state index contributed by atoms with van der Waals surface area (Å²) in [6.07, 6.45) is 8.48. The van der Waals surface area contributed by atoms with Crippen LogP contribution in [-0.4, -0.2) is 20.3 Å². The molecule has 0 atom stereocenters. The van der Waals surface area contributed by atoms with E-state index >= 15 is 0 Å². The molecule has 0 amide bonds. The van der Waals surface area contributed by atoms with Crippen molar-refractivity contribution in [2.24, 2.45) is 0 Å². The summed E-state index contributed by atoms with van der Waals surface area (Å²) >= 11 is 0. The Hall–Kier alpha value is -5.55. The summed E-state index contributed by atoms with van der Waals surface area (Å²) in [6, 6.07) is 39.5. The lowest BCUT2D eigenvalue weighted by atomic mass is 9.78. The second-order valence-corrected chi connectivity index (χ2v) is 11.5. The predicted octanol–water partition coefficient (Wildman–Crippen LogP) is 9.27. The Kier molecular flexibility index (Phi) is 7.78. The van der Waals surface area contributed by atoms with Crippen LogP contribution in [0.3, 0.4) is 0 Å². The molecule has 6 rings (SSSR count). The van der Waals surface area contributed by atoms with Gasteiger partial charge in [-0.25, -0.2) is 0 Å². The topological polar surface area (TPSA) is 66.4 Å². The minimum Gasteiger partial charge on any atom is -0.507 e. The molecule has 0 spiro atoms. The normalized spacial score (nSPS) is 14.0. The molecule has 1 N–H and O–H groups in total. The quantitative estimate of drug-likeness (QED) is 0.0865. The van der Waals surface area contributed by atoms with E-state index in [4.69, 9.17) is 0 Å². The number of aromatic hydroxyl groups is 1. The molecule has 5 nitrogen and oxygen atoms in total. The summed E-state index contributed by atoms with van der Waals surface area (Å²) in [4.78, 5) is 11.1. The monoisotopic (exact) mass is 577 g/mol. The van der Waals surface area contributed by atoms with Crippen molar-refractivity contribution in [2.45, 2.75) is 25.8 Å². The maximum absolute atomic E-state index is 11.5. The number of phenols is 1. The third-order valence-corrected chi connectivity index (χ3v) is 8.17. The van der Waals surface area contributed by atoms with Gasteiger partial charge in [-0.1, -0.05) is 97.1 Å². The second-order valence-electron chi connectivity index (χ2n) is 11.5. The van der Waals surface area contributed by atoms with Gasteiger partial charge >= 0.3 is 0 Å². The number of rotatable bonds is 8. The van der Waals surface area contributed by atoms with Crippen molar-refractivity contribution >= 4 is 41.4 Å². The first kappa shape index (κ1) is 28.6. The zero-order valence-electron chi connectivity index (χ0n) is 24.7. The third kappa shape index (κ3) is 5.86. The van der Waals surface area contributed by atoms with E-state index < -0.39 is 4.92 Å². The average Bonchev–Trinajstić information content (AvgIpc) is 3.26. The lowest BCUT2D eigenvalue weighted by Crippen LogP contribution is -2.30. The first-order valence-electron chi connectivity index (χ1n) is 14.6. The highest BCUT2D eigenvalue weighted by Crippen LogP contribution is 2.43. The molecule has 5 heteroatoms. The van der Waals surface area contributed by atoms with Gasteiger partial charge < -0.3 is 5.11 Å². The molecule has 0 aromatic heterocycles. The van der Waals surface area contributed by atoms with Gasteiger partial charge in [0.2, 0.25) is 5.69 Å². The van der Waals surface area contributed by atoms with Crippen molar-refractivity contribution in [3.8, 4) is 5.75 Å². The molecule has 1 aliphatic heterocycles. The summed E-state index contributed by atoms with van der Waals surface area (Å²) < 4.78 is 2.18. The first-order valence-corrected chi connectivity index (χ1v) is 14.6. The highest BCUT2D eigenvalue weighted by atomic mass is 16.6. The van der Waals surface area contributed by atoms with Gasteiger partial charge in [0.05, 0.1) is 15.9 Å². The van der Waals surface area contributed by atoms with Crippen LogP contribution in [0.25, 0.3) is 24.3 Å². The molecule has 0 aliphatic carbocycles. The number of hydrogen-bond acceptors (Lipinski definition) is 3. The molecule has 44 heavy (non-hydrogen) atoms.